The first-order valence-electron chi connectivity index (χ1n) is 8.58. The van der Waals surface area contributed by atoms with Crippen molar-refractivity contribution in [3.8, 4) is 28.5 Å². The van der Waals surface area contributed by atoms with Crippen LogP contribution in [-0.2, 0) is 6.54 Å². The average molecular weight is 397 g/mol. The van der Waals surface area contributed by atoms with E-state index in [0.29, 0.717) is 34.1 Å². The molecule has 0 fully saturated rings. The molecule has 0 spiro atoms. The molecule has 0 saturated carbocycles. The van der Waals surface area contributed by atoms with Gasteiger partial charge in [-0.05, 0) is 23.8 Å². The molecule has 3 rings (SSSR count). The van der Waals surface area contributed by atoms with Crippen LogP contribution in [0.1, 0.15) is 5.56 Å². The van der Waals surface area contributed by atoms with E-state index in [-0.39, 0.29) is 17.8 Å². The van der Waals surface area contributed by atoms with Crippen molar-refractivity contribution in [2.45, 2.75) is 6.54 Å². The highest BCUT2D eigenvalue weighted by molar-refractivity contribution is 5.68. The summed E-state index contributed by atoms with van der Waals surface area (Å²) in [6, 6.07) is 12.5. The van der Waals surface area contributed by atoms with Crippen molar-refractivity contribution in [3.05, 3.63) is 74.6 Å². The topological polar surface area (TPSA) is 106 Å². The fourth-order valence-electron chi connectivity index (χ4n) is 2.84. The molecule has 3 aromatic rings. The number of hydrogen-bond donors (Lipinski definition) is 0. The number of rotatable bonds is 7. The van der Waals surface area contributed by atoms with Crippen LogP contribution in [0.2, 0.25) is 0 Å². The van der Waals surface area contributed by atoms with Gasteiger partial charge in [0, 0.05) is 23.8 Å². The lowest BCUT2D eigenvalue weighted by molar-refractivity contribution is -0.384. The van der Waals surface area contributed by atoms with Gasteiger partial charge in [-0.3, -0.25) is 14.9 Å². The molecule has 150 valence electrons. The zero-order valence-corrected chi connectivity index (χ0v) is 16.1. The van der Waals surface area contributed by atoms with E-state index in [9.17, 15) is 14.9 Å². The summed E-state index contributed by atoms with van der Waals surface area (Å²) in [5.41, 5.74) is 1.62. The zero-order valence-electron chi connectivity index (χ0n) is 16.1. The van der Waals surface area contributed by atoms with Crippen LogP contribution in [0.25, 0.3) is 11.3 Å². The van der Waals surface area contributed by atoms with Gasteiger partial charge in [0.05, 0.1) is 38.5 Å². The summed E-state index contributed by atoms with van der Waals surface area (Å²) in [7, 11) is 4.55. The van der Waals surface area contributed by atoms with Crippen molar-refractivity contribution in [2.75, 3.05) is 21.3 Å². The lowest BCUT2D eigenvalue weighted by Crippen LogP contribution is -2.22. The molecule has 0 radical (unpaired) electrons. The molecule has 9 nitrogen and oxygen atoms in total. The van der Waals surface area contributed by atoms with Crippen LogP contribution < -0.4 is 19.8 Å². The number of hydrogen-bond acceptors (Lipinski definition) is 7. The first-order valence-corrected chi connectivity index (χ1v) is 8.58. The summed E-state index contributed by atoms with van der Waals surface area (Å²) in [6.45, 7) is 0.176. The minimum atomic E-state index is -0.473. The van der Waals surface area contributed by atoms with E-state index in [1.165, 1.54) is 44.2 Å². The highest BCUT2D eigenvalue weighted by Gasteiger charge is 2.15. The molecule has 0 aliphatic rings. The molecule has 29 heavy (non-hydrogen) atoms. The number of nitrogens with zero attached hydrogens (tertiary/aromatic N) is 3. The quantitative estimate of drug-likeness (QED) is 0.446. The smallest absolute Gasteiger partial charge is 0.269 e. The van der Waals surface area contributed by atoms with E-state index in [1.807, 2.05) is 0 Å². The van der Waals surface area contributed by atoms with Crippen LogP contribution in [0.4, 0.5) is 5.69 Å². The molecule has 0 N–H and O–H groups in total. The second kappa shape index (κ2) is 8.42. The van der Waals surface area contributed by atoms with Gasteiger partial charge in [0.15, 0.2) is 11.5 Å². The van der Waals surface area contributed by atoms with Crippen molar-refractivity contribution in [2.24, 2.45) is 0 Å². The second-order valence-electron chi connectivity index (χ2n) is 6.05. The predicted octanol–water partition coefficient (Wildman–Crippen LogP) is 2.89. The Labute approximate surface area is 166 Å². The van der Waals surface area contributed by atoms with E-state index in [0.717, 1.165) is 0 Å². The van der Waals surface area contributed by atoms with Gasteiger partial charge in [0.1, 0.15) is 0 Å². The monoisotopic (exact) mass is 397 g/mol. The van der Waals surface area contributed by atoms with Crippen LogP contribution in [0.3, 0.4) is 0 Å². The molecule has 0 atom stereocenters. The Hall–Kier alpha value is -3.88. The van der Waals surface area contributed by atoms with Gasteiger partial charge in [-0.25, -0.2) is 4.68 Å². The number of ether oxygens (including phenoxy) is 3. The summed E-state index contributed by atoms with van der Waals surface area (Å²) < 4.78 is 17.3. The predicted molar refractivity (Wildman–Crippen MR) is 106 cm³/mol. The highest BCUT2D eigenvalue weighted by Crippen LogP contribution is 2.40. The SMILES string of the molecule is COc1cc(-c2ccc(=O)n(Cc3ccc([N+](=O)[O-])cc3)n2)cc(OC)c1OC. The van der Waals surface area contributed by atoms with Gasteiger partial charge in [-0.15, -0.1) is 0 Å². The van der Waals surface area contributed by atoms with Crippen molar-refractivity contribution >= 4 is 5.69 Å². The first-order chi connectivity index (χ1) is 14.0. The van der Waals surface area contributed by atoms with Crippen molar-refractivity contribution in [3.63, 3.8) is 0 Å². The molecule has 0 amide bonds. The van der Waals surface area contributed by atoms with Gasteiger partial charge in [0.25, 0.3) is 11.2 Å². The van der Waals surface area contributed by atoms with Crippen molar-refractivity contribution in [1.29, 1.82) is 0 Å². The lowest BCUT2D eigenvalue weighted by atomic mass is 10.1. The number of benzene rings is 2. The van der Waals surface area contributed by atoms with E-state index >= 15 is 0 Å². The van der Waals surface area contributed by atoms with Crippen LogP contribution in [-0.4, -0.2) is 36.0 Å². The Balaban J connectivity index is 1.99. The summed E-state index contributed by atoms with van der Waals surface area (Å²) in [5.74, 6) is 1.39. The van der Waals surface area contributed by atoms with E-state index in [2.05, 4.69) is 5.10 Å². The van der Waals surface area contributed by atoms with Crippen LogP contribution in [0.5, 0.6) is 17.2 Å². The normalized spacial score (nSPS) is 10.4. The minimum Gasteiger partial charge on any atom is -0.493 e. The third-order valence-corrected chi connectivity index (χ3v) is 4.31. The van der Waals surface area contributed by atoms with Gasteiger partial charge < -0.3 is 14.2 Å². The highest BCUT2D eigenvalue weighted by atomic mass is 16.6. The van der Waals surface area contributed by atoms with Gasteiger partial charge in [0.2, 0.25) is 5.75 Å². The zero-order chi connectivity index (χ0) is 21.0. The Morgan fingerprint density at radius 2 is 1.59 bits per heavy atom. The average Bonchev–Trinajstić information content (AvgIpc) is 2.74. The number of aromatic nitrogens is 2. The standard InChI is InChI=1S/C20H19N3O6/c1-27-17-10-14(11-18(28-2)20(17)29-3)16-8-9-19(24)22(21-16)12-13-4-6-15(7-5-13)23(25)26/h4-11H,12H2,1-3H3. The maximum Gasteiger partial charge on any atom is 0.269 e. The summed E-state index contributed by atoms with van der Waals surface area (Å²) >= 11 is 0. The molecule has 0 unspecified atom stereocenters. The summed E-state index contributed by atoms with van der Waals surface area (Å²) in [4.78, 5) is 22.6. The Morgan fingerprint density at radius 3 is 2.10 bits per heavy atom. The molecule has 1 heterocycles. The minimum absolute atomic E-state index is 0.0137. The summed E-state index contributed by atoms with van der Waals surface area (Å²) in [5, 5.41) is 15.2. The molecule has 0 saturated heterocycles. The molecule has 0 aliphatic heterocycles. The third-order valence-electron chi connectivity index (χ3n) is 4.31. The number of methoxy groups -OCH3 is 3. The third kappa shape index (κ3) is 4.18. The van der Waals surface area contributed by atoms with Crippen LogP contribution in [0, 0.1) is 10.1 Å². The van der Waals surface area contributed by atoms with E-state index in [4.69, 9.17) is 14.2 Å². The molecule has 9 heteroatoms. The maximum atomic E-state index is 12.3. The molecule has 0 aliphatic carbocycles. The van der Waals surface area contributed by atoms with Crippen molar-refractivity contribution < 1.29 is 19.1 Å². The van der Waals surface area contributed by atoms with Gasteiger partial charge in [-0.2, -0.15) is 5.10 Å². The first kappa shape index (κ1) is 19.9. The largest absolute Gasteiger partial charge is 0.493 e. The maximum absolute atomic E-state index is 12.3. The lowest BCUT2D eigenvalue weighted by Gasteiger charge is -2.14. The van der Waals surface area contributed by atoms with Crippen LogP contribution >= 0.6 is 0 Å². The van der Waals surface area contributed by atoms with E-state index < -0.39 is 4.92 Å². The van der Waals surface area contributed by atoms with E-state index in [1.54, 1.807) is 30.3 Å². The Morgan fingerprint density at radius 1 is 0.966 bits per heavy atom. The number of nitro benzene ring substituents is 1. The molecule has 2 aromatic carbocycles. The fourth-order valence-corrected chi connectivity index (χ4v) is 2.84. The Bertz CT molecular complexity index is 1070. The van der Waals surface area contributed by atoms with Gasteiger partial charge >= 0.3 is 0 Å². The molecular formula is C20H19N3O6. The fraction of sp³-hybridized carbons (Fsp3) is 0.200. The van der Waals surface area contributed by atoms with Crippen LogP contribution in [0.15, 0.2) is 53.3 Å². The Kier molecular flexibility index (Phi) is 5.77. The molecule has 1 aromatic heterocycles. The molecule has 0 bridgehead atoms. The second-order valence-corrected chi connectivity index (χ2v) is 6.05. The number of nitro groups is 1. The van der Waals surface area contributed by atoms with Gasteiger partial charge in [-0.1, -0.05) is 12.1 Å². The summed E-state index contributed by atoms with van der Waals surface area (Å²) in [6.07, 6.45) is 0. The molecular weight excluding hydrogens is 378 g/mol. The number of non-ortho nitro benzene ring substituents is 1. The van der Waals surface area contributed by atoms with Crippen molar-refractivity contribution in [1.82, 2.24) is 9.78 Å².